The van der Waals surface area contributed by atoms with Crippen molar-refractivity contribution >= 4 is 35.1 Å². The maximum absolute atomic E-state index is 10.2. The van der Waals surface area contributed by atoms with E-state index in [1.165, 1.54) is 32.1 Å². The Morgan fingerprint density at radius 1 is 1.10 bits per heavy atom. The van der Waals surface area contributed by atoms with Crippen molar-refractivity contribution < 1.29 is 4.79 Å². The first-order valence-corrected chi connectivity index (χ1v) is 7.31. The lowest BCUT2D eigenvalue weighted by Gasteiger charge is -2.24. The lowest BCUT2D eigenvalue weighted by molar-refractivity contribution is -0.109. The zero-order valence-electron chi connectivity index (χ0n) is 11.3. The summed E-state index contributed by atoms with van der Waals surface area (Å²) in [6.45, 7) is 0. The number of hydrogen-bond acceptors (Lipinski definition) is 3. The fraction of sp³-hybridized carbons (Fsp3) is 0.429. The molecule has 20 heavy (non-hydrogen) atoms. The van der Waals surface area contributed by atoms with Crippen LogP contribution in [0.5, 0.6) is 0 Å². The molecule has 6 heteroatoms. The molecule has 0 saturated heterocycles. The third-order valence-corrected chi connectivity index (χ3v) is 3.58. The molecule has 1 aliphatic carbocycles. The summed E-state index contributed by atoms with van der Waals surface area (Å²) < 4.78 is 0. The van der Waals surface area contributed by atoms with Gasteiger partial charge in [-0.15, -0.1) is 0 Å². The van der Waals surface area contributed by atoms with E-state index in [0.717, 1.165) is 11.4 Å². The quantitative estimate of drug-likeness (QED) is 0.381. The van der Waals surface area contributed by atoms with E-state index >= 15 is 0 Å². The van der Waals surface area contributed by atoms with E-state index in [9.17, 15) is 4.79 Å². The van der Waals surface area contributed by atoms with Crippen LogP contribution < -0.4 is 21.5 Å². The smallest absolute Gasteiger partial charge is 0.225 e. The molecule has 0 atom stereocenters. The summed E-state index contributed by atoms with van der Waals surface area (Å²) in [5.74, 6) is 0. The van der Waals surface area contributed by atoms with Gasteiger partial charge in [-0.05, 0) is 49.3 Å². The molecule has 1 aliphatic rings. The summed E-state index contributed by atoms with van der Waals surface area (Å²) in [7, 11) is 0. The lowest BCUT2D eigenvalue weighted by Crippen LogP contribution is -2.38. The summed E-state index contributed by atoms with van der Waals surface area (Å²) in [5, 5.41) is 7.21. The molecule has 0 aromatic heterocycles. The first-order valence-electron chi connectivity index (χ1n) is 6.91. The number of amides is 1. The Bertz CT molecular complexity index is 443. The summed E-state index contributed by atoms with van der Waals surface area (Å²) >= 11 is 5.32. The highest BCUT2D eigenvalue weighted by atomic mass is 32.1. The molecular weight excluding hydrogens is 272 g/mol. The Labute approximate surface area is 124 Å². The second-order valence-corrected chi connectivity index (χ2v) is 5.31. The minimum absolute atomic E-state index is 0.501. The highest BCUT2D eigenvalue weighted by molar-refractivity contribution is 7.80. The topological polar surface area (TPSA) is 65.2 Å². The average molecular weight is 292 g/mol. The molecule has 0 heterocycles. The summed E-state index contributed by atoms with van der Waals surface area (Å²) in [6, 6.07) is 8.04. The van der Waals surface area contributed by atoms with Gasteiger partial charge in [-0.2, -0.15) is 0 Å². The molecule has 0 radical (unpaired) electrons. The fourth-order valence-electron chi connectivity index (χ4n) is 2.35. The monoisotopic (exact) mass is 292 g/mol. The van der Waals surface area contributed by atoms with Gasteiger partial charge in [0.2, 0.25) is 6.41 Å². The Morgan fingerprint density at radius 2 is 1.75 bits per heavy atom. The number of thiocarbonyl (C=S) groups is 1. The van der Waals surface area contributed by atoms with Crippen molar-refractivity contribution in [2.45, 2.75) is 38.1 Å². The van der Waals surface area contributed by atoms with Crippen LogP contribution in [0.1, 0.15) is 32.1 Å². The van der Waals surface area contributed by atoms with Gasteiger partial charge in [0.15, 0.2) is 5.11 Å². The summed E-state index contributed by atoms with van der Waals surface area (Å²) in [5.41, 5.74) is 6.88. The van der Waals surface area contributed by atoms with Crippen LogP contribution in [0.3, 0.4) is 0 Å². The number of carbonyl (C=O) groups is 1. The molecule has 0 bridgehead atoms. The number of carbonyl (C=O) groups excluding carboxylic acids is 1. The highest BCUT2D eigenvalue weighted by Crippen LogP contribution is 2.18. The molecule has 1 fully saturated rings. The van der Waals surface area contributed by atoms with Gasteiger partial charge < -0.3 is 10.6 Å². The number of benzene rings is 1. The normalized spacial score (nSPS) is 15.2. The Balaban J connectivity index is 1.79. The molecule has 5 nitrogen and oxygen atoms in total. The minimum Gasteiger partial charge on any atom is -0.360 e. The van der Waals surface area contributed by atoms with Crippen molar-refractivity contribution in [3.8, 4) is 0 Å². The maximum atomic E-state index is 10.2. The number of hydrazine groups is 1. The largest absolute Gasteiger partial charge is 0.360 e. The summed E-state index contributed by atoms with van der Waals surface area (Å²) in [6.07, 6.45) is 6.88. The summed E-state index contributed by atoms with van der Waals surface area (Å²) in [4.78, 5) is 10.2. The van der Waals surface area contributed by atoms with E-state index in [4.69, 9.17) is 12.2 Å². The van der Waals surface area contributed by atoms with Crippen molar-refractivity contribution in [3.63, 3.8) is 0 Å². The molecule has 1 saturated carbocycles. The van der Waals surface area contributed by atoms with Crippen molar-refractivity contribution in [3.05, 3.63) is 24.3 Å². The van der Waals surface area contributed by atoms with Crippen LogP contribution in [0.15, 0.2) is 24.3 Å². The van der Waals surface area contributed by atoms with Crippen LogP contribution in [0.4, 0.5) is 11.4 Å². The number of nitrogens with one attached hydrogen (secondary N) is 4. The lowest BCUT2D eigenvalue weighted by atomic mass is 9.96. The Kier molecular flexibility index (Phi) is 5.61. The zero-order chi connectivity index (χ0) is 14.2. The predicted octanol–water partition coefficient (Wildman–Crippen LogP) is 2.38. The molecule has 4 N–H and O–H groups in total. The second kappa shape index (κ2) is 7.69. The third-order valence-electron chi connectivity index (χ3n) is 3.36. The molecule has 0 aliphatic heterocycles. The molecule has 2 rings (SSSR count). The van der Waals surface area contributed by atoms with Gasteiger partial charge in [-0.3, -0.25) is 15.6 Å². The van der Waals surface area contributed by atoms with Crippen LogP contribution in [0, 0.1) is 0 Å². The fourth-order valence-corrected chi connectivity index (χ4v) is 2.63. The number of rotatable bonds is 5. The molecule has 0 unspecified atom stereocenters. The molecule has 1 aromatic rings. The number of hydrogen-bond donors (Lipinski definition) is 4. The van der Waals surface area contributed by atoms with Crippen LogP contribution >= 0.6 is 12.2 Å². The third kappa shape index (κ3) is 4.70. The molecule has 1 aromatic carbocycles. The van der Waals surface area contributed by atoms with Crippen LogP contribution in [0.25, 0.3) is 0 Å². The Morgan fingerprint density at radius 3 is 2.40 bits per heavy atom. The first kappa shape index (κ1) is 14.6. The van der Waals surface area contributed by atoms with Crippen LogP contribution in [-0.4, -0.2) is 17.6 Å². The van der Waals surface area contributed by atoms with Gasteiger partial charge >= 0.3 is 0 Å². The second-order valence-electron chi connectivity index (χ2n) is 4.90. The molecular formula is C14H20N4OS. The first-order chi connectivity index (χ1) is 9.78. The van der Waals surface area contributed by atoms with Gasteiger partial charge in [-0.1, -0.05) is 19.3 Å². The van der Waals surface area contributed by atoms with Crippen molar-refractivity contribution in [2.24, 2.45) is 0 Å². The van der Waals surface area contributed by atoms with Crippen LogP contribution in [0.2, 0.25) is 0 Å². The van der Waals surface area contributed by atoms with Gasteiger partial charge in [0.25, 0.3) is 0 Å². The van der Waals surface area contributed by atoms with E-state index in [1.807, 2.05) is 24.3 Å². The number of anilines is 2. The van der Waals surface area contributed by atoms with E-state index in [0.29, 0.717) is 17.6 Å². The molecule has 1 amide bonds. The van der Waals surface area contributed by atoms with Crippen LogP contribution in [-0.2, 0) is 4.79 Å². The van der Waals surface area contributed by atoms with Gasteiger partial charge in [-0.25, -0.2) is 0 Å². The maximum Gasteiger partial charge on any atom is 0.225 e. The van der Waals surface area contributed by atoms with E-state index in [2.05, 4.69) is 21.5 Å². The molecule has 108 valence electrons. The Hall–Kier alpha value is -1.82. The van der Waals surface area contributed by atoms with Gasteiger partial charge in [0.05, 0.1) is 5.69 Å². The van der Waals surface area contributed by atoms with E-state index in [1.54, 1.807) is 0 Å². The highest BCUT2D eigenvalue weighted by Gasteiger charge is 2.13. The van der Waals surface area contributed by atoms with Crippen molar-refractivity contribution in [1.82, 2.24) is 10.7 Å². The van der Waals surface area contributed by atoms with Gasteiger partial charge in [0.1, 0.15) is 0 Å². The standard InChI is InChI=1S/C14H20N4OS/c19-10-15-18-13-8-6-12(7-9-13)17-14(20)16-11-4-2-1-3-5-11/h6-11,18H,1-5H2,(H,15,19)(H2,16,17,20). The van der Waals surface area contributed by atoms with E-state index < -0.39 is 0 Å². The minimum atomic E-state index is 0.501. The van der Waals surface area contributed by atoms with Crippen molar-refractivity contribution in [2.75, 3.05) is 10.7 Å². The average Bonchev–Trinajstić information content (AvgIpc) is 2.47. The van der Waals surface area contributed by atoms with Gasteiger partial charge in [0, 0.05) is 11.7 Å². The molecule has 0 spiro atoms. The zero-order valence-corrected chi connectivity index (χ0v) is 12.1. The predicted molar refractivity (Wildman–Crippen MR) is 85.5 cm³/mol. The SMILES string of the molecule is O=CNNc1ccc(NC(=S)NC2CCCCC2)cc1. The van der Waals surface area contributed by atoms with E-state index in [-0.39, 0.29) is 0 Å². The van der Waals surface area contributed by atoms with Crippen molar-refractivity contribution in [1.29, 1.82) is 0 Å².